The zero-order valence-electron chi connectivity index (χ0n) is 13.2. The fourth-order valence-corrected chi connectivity index (χ4v) is 2.74. The van der Waals surface area contributed by atoms with Gasteiger partial charge >= 0.3 is 0 Å². The Labute approximate surface area is 136 Å². The van der Waals surface area contributed by atoms with Crippen molar-refractivity contribution in [3.63, 3.8) is 0 Å². The summed E-state index contributed by atoms with van der Waals surface area (Å²) in [5.41, 5.74) is 0.0926. The maximum Gasteiger partial charge on any atom is 0.134 e. The molecule has 0 aromatic heterocycles. The van der Waals surface area contributed by atoms with E-state index in [1.165, 1.54) is 10.8 Å². The van der Waals surface area contributed by atoms with E-state index in [0.717, 1.165) is 16.8 Å². The number of hydrogen-bond donors (Lipinski definition) is 1. The molecule has 0 heterocycles. The zero-order valence-corrected chi connectivity index (χ0v) is 14.8. The Morgan fingerprint density at radius 2 is 1.86 bits per heavy atom. The van der Waals surface area contributed by atoms with E-state index in [9.17, 15) is 0 Å². The molecule has 0 aliphatic rings. The molecule has 1 N–H and O–H groups in total. The Kier molecular flexibility index (Phi) is 5.28. The van der Waals surface area contributed by atoms with Gasteiger partial charge in [0.25, 0.3) is 0 Å². The van der Waals surface area contributed by atoms with Crippen LogP contribution in [0, 0.1) is 5.41 Å². The molecule has 3 heteroatoms. The first-order valence-corrected chi connectivity index (χ1v) is 8.22. The topological polar surface area (TPSA) is 21.3 Å². The number of hydrogen-bond acceptors (Lipinski definition) is 2. The molecule has 2 aromatic carbocycles. The molecule has 114 valence electrons. The Morgan fingerprint density at radius 3 is 2.57 bits per heavy atom. The van der Waals surface area contributed by atoms with Crippen LogP contribution < -0.4 is 10.1 Å². The summed E-state index contributed by atoms with van der Waals surface area (Å²) in [6.45, 7) is 10.4. The molecule has 2 nitrogen and oxygen atoms in total. The van der Waals surface area contributed by atoms with E-state index in [0.29, 0.717) is 12.6 Å². The van der Waals surface area contributed by atoms with Crippen molar-refractivity contribution < 1.29 is 4.74 Å². The normalized spacial score (nSPS) is 12.1. The van der Waals surface area contributed by atoms with Gasteiger partial charge in [-0.05, 0) is 32.8 Å². The van der Waals surface area contributed by atoms with Gasteiger partial charge in [0.05, 0.1) is 11.1 Å². The van der Waals surface area contributed by atoms with Gasteiger partial charge in [0.1, 0.15) is 5.75 Å². The van der Waals surface area contributed by atoms with Gasteiger partial charge in [-0.1, -0.05) is 58.0 Å². The third-order valence-corrected chi connectivity index (χ3v) is 4.25. The lowest BCUT2D eigenvalue weighted by molar-refractivity contribution is 0.173. The Bertz CT molecular complexity index is 607. The fraction of sp³-hybridized carbons (Fsp3) is 0.444. The lowest BCUT2D eigenvalue weighted by Gasteiger charge is -2.26. The molecule has 0 spiro atoms. The highest BCUT2D eigenvalue weighted by atomic mass is 79.9. The number of rotatable bonds is 6. The van der Waals surface area contributed by atoms with E-state index >= 15 is 0 Å². The molecule has 0 saturated heterocycles. The predicted molar refractivity (Wildman–Crippen MR) is 94.1 cm³/mol. The molecule has 0 aliphatic carbocycles. The zero-order chi connectivity index (χ0) is 15.5. The SMILES string of the molecule is CC(C)NCC(C)(C)COc1ccc2ccccc2c1Br. The van der Waals surface area contributed by atoms with Gasteiger partial charge in [-0.2, -0.15) is 0 Å². The van der Waals surface area contributed by atoms with Gasteiger partial charge in [-0.25, -0.2) is 0 Å². The second-order valence-corrected chi connectivity index (χ2v) is 7.38. The van der Waals surface area contributed by atoms with Crippen LogP contribution in [-0.2, 0) is 0 Å². The molecule has 0 unspecified atom stereocenters. The monoisotopic (exact) mass is 349 g/mol. The van der Waals surface area contributed by atoms with E-state index in [1.807, 2.05) is 12.1 Å². The maximum atomic E-state index is 6.06. The minimum absolute atomic E-state index is 0.0926. The van der Waals surface area contributed by atoms with Crippen molar-refractivity contribution in [3.05, 3.63) is 40.9 Å². The quantitative estimate of drug-likeness (QED) is 0.791. The number of halogens is 1. The summed E-state index contributed by atoms with van der Waals surface area (Å²) >= 11 is 3.67. The molecule has 0 aliphatic heterocycles. The Hall–Kier alpha value is -1.06. The van der Waals surface area contributed by atoms with Crippen molar-refractivity contribution in [2.45, 2.75) is 33.7 Å². The second-order valence-electron chi connectivity index (χ2n) is 6.59. The van der Waals surface area contributed by atoms with Crippen LogP contribution in [-0.4, -0.2) is 19.2 Å². The van der Waals surface area contributed by atoms with Crippen LogP contribution >= 0.6 is 15.9 Å². The maximum absolute atomic E-state index is 6.06. The van der Waals surface area contributed by atoms with Crippen LogP contribution in [0.25, 0.3) is 10.8 Å². The van der Waals surface area contributed by atoms with Gasteiger partial charge in [0, 0.05) is 18.0 Å². The van der Waals surface area contributed by atoms with Crippen molar-refractivity contribution in [1.29, 1.82) is 0 Å². The van der Waals surface area contributed by atoms with Crippen LogP contribution in [0.15, 0.2) is 40.9 Å². The van der Waals surface area contributed by atoms with E-state index in [-0.39, 0.29) is 5.41 Å². The first kappa shape index (κ1) is 16.3. The van der Waals surface area contributed by atoms with Crippen molar-refractivity contribution in [2.24, 2.45) is 5.41 Å². The molecular weight excluding hydrogens is 326 g/mol. The van der Waals surface area contributed by atoms with E-state index in [4.69, 9.17) is 4.74 Å². The molecule has 21 heavy (non-hydrogen) atoms. The molecule has 2 aromatic rings. The van der Waals surface area contributed by atoms with Crippen molar-refractivity contribution in [1.82, 2.24) is 5.32 Å². The van der Waals surface area contributed by atoms with E-state index in [2.05, 4.69) is 73.2 Å². The van der Waals surface area contributed by atoms with Crippen LogP contribution in [0.5, 0.6) is 5.75 Å². The summed E-state index contributed by atoms with van der Waals surface area (Å²) in [7, 11) is 0. The average molecular weight is 350 g/mol. The first-order valence-electron chi connectivity index (χ1n) is 7.42. The number of benzene rings is 2. The minimum atomic E-state index is 0.0926. The van der Waals surface area contributed by atoms with E-state index in [1.54, 1.807) is 0 Å². The smallest absolute Gasteiger partial charge is 0.134 e. The molecule has 0 bridgehead atoms. The van der Waals surface area contributed by atoms with Crippen LogP contribution in [0.4, 0.5) is 0 Å². The fourth-order valence-electron chi connectivity index (χ4n) is 2.13. The largest absolute Gasteiger partial charge is 0.492 e. The summed E-state index contributed by atoms with van der Waals surface area (Å²) < 4.78 is 7.09. The van der Waals surface area contributed by atoms with E-state index < -0.39 is 0 Å². The van der Waals surface area contributed by atoms with Crippen molar-refractivity contribution in [3.8, 4) is 5.75 Å². The highest BCUT2D eigenvalue weighted by Gasteiger charge is 2.20. The van der Waals surface area contributed by atoms with Crippen molar-refractivity contribution >= 4 is 26.7 Å². The van der Waals surface area contributed by atoms with Crippen LogP contribution in [0.3, 0.4) is 0 Å². The molecule has 0 saturated carbocycles. The Morgan fingerprint density at radius 1 is 1.14 bits per heavy atom. The van der Waals surface area contributed by atoms with Gasteiger partial charge in [0.15, 0.2) is 0 Å². The second kappa shape index (κ2) is 6.80. The summed E-state index contributed by atoms with van der Waals surface area (Å²) in [5.74, 6) is 0.909. The molecule has 0 fully saturated rings. The third-order valence-electron chi connectivity index (χ3n) is 3.44. The number of ether oxygens (including phenoxy) is 1. The summed E-state index contributed by atoms with van der Waals surface area (Å²) in [4.78, 5) is 0. The minimum Gasteiger partial charge on any atom is -0.492 e. The third kappa shape index (κ3) is 4.45. The van der Waals surface area contributed by atoms with Gasteiger partial charge in [-0.15, -0.1) is 0 Å². The standard InChI is InChI=1S/C18H24BrNO/c1-13(2)20-11-18(3,4)12-21-16-10-9-14-7-5-6-8-15(14)17(16)19/h5-10,13,20H,11-12H2,1-4H3. The molecular formula is C18H24BrNO. The van der Waals surface area contributed by atoms with Gasteiger partial charge in [-0.3, -0.25) is 0 Å². The summed E-state index contributed by atoms with van der Waals surface area (Å²) in [6.07, 6.45) is 0. The van der Waals surface area contributed by atoms with Gasteiger partial charge < -0.3 is 10.1 Å². The highest BCUT2D eigenvalue weighted by Crippen LogP contribution is 2.33. The molecule has 0 atom stereocenters. The summed E-state index contributed by atoms with van der Waals surface area (Å²) in [5, 5.41) is 5.88. The predicted octanol–water partition coefficient (Wildman–Crippen LogP) is 5.01. The van der Waals surface area contributed by atoms with Crippen LogP contribution in [0.1, 0.15) is 27.7 Å². The molecule has 0 radical (unpaired) electrons. The first-order chi connectivity index (χ1) is 9.89. The Balaban J connectivity index is 2.08. The van der Waals surface area contributed by atoms with Crippen LogP contribution in [0.2, 0.25) is 0 Å². The van der Waals surface area contributed by atoms with Crippen molar-refractivity contribution in [2.75, 3.05) is 13.2 Å². The van der Waals surface area contributed by atoms with Gasteiger partial charge in [0.2, 0.25) is 0 Å². The number of fused-ring (bicyclic) bond motifs is 1. The lowest BCUT2D eigenvalue weighted by atomic mass is 9.94. The average Bonchev–Trinajstić information content (AvgIpc) is 2.45. The molecule has 0 amide bonds. The molecule has 2 rings (SSSR count). The lowest BCUT2D eigenvalue weighted by Crippen LogP contribution is -2.37. The summed E-state index contributed by atoms with van der Waals surface area (Å²) in [6, 6.07) is 13.0. The highest BCUT2D eigenvalue weighted by molar-refractivity contribution is 9.10. The number of nitrogens with one attached hydrogen (secondary N) is 1.